The number of carboxylic acid groups (broad SMARTS) is 1. The summed E-state index contributed by atoms with van der Waals surface area (Å²) in [6.45, 7) is 0.950. The lowest BCUT2D eigenvalue weighted by Gasteiger charge is -2.30. The zero-order valence-electron chi connectivity index (χ0n) is 14.8. The van der Waals surface area contributed by atoms with Crippen molar-refractivity contribution in [1.29, 1.82) is 0 Å². The highest BCUT2D eigenvalue weighted by Gasteiger charge is 2.29. The molecule has 3 heterocycles. The predicted octanol–water partition coefficient (Wildman–Crippen LogP) is 2.20. The lowest BCUT2D eigenvalue weighted by Crippen LogP contribution is -2.41. The normalized spacial score (nSPS) is 16.1. The average Bonchev–Trinajstić information content (AvgIpc) is 3.37. The van der Waals surface area contributed by atoms with Gasteiger partial charge in [-0.25, -0.2) is 4.79 Å². The van der Waals surface area contributed by atoms with Gasteiger partial charge < -0.3 is 29.2 Å². The van der Waals surface area contributed by atoms with Crippen LogP contribution in [0.1, 0.15) is 33.8 Å². The Bertz CT molecular complexity index is 928. The summed E-state index contributed by atoms with van der Waals surface area (Å²) >= 11 is 0. The number of amides is 2. The first-order valence-corrected chi connectivity index (χ1v) is 8.83. The first-order valence-electron chi connectivity index (χ1n) is 8.83. The first-order chi connectivity index (χ1) is 13.5. The molecule has 0 spiro atoms. The van der Waals surface area contributed by atoms with Crippen LogP contribution < -0.4 is 14.8 Å². The Morgan fingerprint density at radius 1 is 1.07 bits per heavy atom. The molecule has 0 atom stereocenters. The summed E-state index contributed by atoms with van der Waals surface area (Å²) in [6, 6.07) is 6.42. The number of nitrogens with zero attached hydrogens (tertiary/aromatic N) is 1. The number of carbonyl (C=O) groups is 3. The molecule has 0 bridgehead atoms. The summed E-state index contributed by atoms with van der Waals surface area (Å²) < 4.78 is 15.6. The number of carboxylic acids is 1. The van der Waals surface area contributed by atoms with E-state index in [2.05, 4.69) is 5.32 Å². The molecular weight excluding hydrogens is 368 g/mol. The summed E-state index contributed by atoms with van der Waals surface area (Å²) in [5.41, 5.74) is 0.561. The van der Waals surface area contributed by atoms with Gasteiger partial charge in [0, 0.05) is 36.8 Å². The topological polar surface area (TPSA) is 118 Å². The lowest BCUT2D eigenvalue weighted by molar-refractivity contribution is -0.121. The molecule has 1 aromatic heterocycles. The monoisotopic (exact) mass is 386 g/mol. The Kier molecular flexibility index (Phi) is 4.64. The van der Waals surface area contributed by atoms with Crippen LogP contribution in [0, 0.1) is 5.92 Å². The van der Waals surface area contributed by atoms with E-state index in [9.17, 15) is 14.4 Å². The zero-order chi connectivity index (χ0) is 19.7. The third-order valence-electron chi connectivity index (χ3n) is 4.85. The number of hydrogen-bond acceptors (Lipinski definition) is 6. The van der Waals surface area contributed by atoms with Gasteiger partial charge in [0.1, 0.15) is 6.26 Å². The summed E-state index contributed by atoms with van der Waals surface area (Å²) in [5.74, 6) is -0.631. The van der Waals surface area contributed by atoms with E-state index >= 15 is 0 Å². The highest BCUT2D eigenvalue weighted by Crippen LogP contribution is 2.34. The van der Waals surface area contributed by atoms with Gasteiger partial charge in [-0.05, 0) is 25.0 Å². The molecule has 28 heavy (non-hydrogen) atoms. The molecule has 9 heteroatoms. The van der Waals surface area contributed by atoms with Crippen LogP contribution in [0.2, 0.25) is 0 Å². The second kappa shape index (κ2) is 7.26. The van der Waals surface area contributed by atoms with E-state index in [1.807, 2.05) is 0 Å². The molecule has 2 N–H and O–H groups in total. The number of fused-ring (bicyclic) bond motifs is 1. The Morgan fingerprint density at radius 3 is 2.54 bits per heavy atom. The molecule has 146 valence electrons. The number of aromatic carboxylic acids is 1. The second-order valence-electron chi connectivity index (χ2n) is 6.63. The number of benzene rings is 1. The highest BCUT2D eigenvalue weighted by atomic mass is 16.7. The first kappa shape index (κ1) is 17.9. The van der Waals surface area contributed by atoms with Crippen LogP contribution in [0.3, 0.4) is 0 Å². The summed E-state index contributed by atoms with van der Waals surface area (Å²) in [4.78, 5) is 37.4. The summed E-state index contributed by atoms with van der Waals surface area (Å²) in [5, 5.41) is 11.8. The van der Waals surface area contributed by atoms with Crippen LogP contribution in [-0.2, 0) is 4.79 Å². The van der Waals surface area contributed by atoms with Crippen molar-refractivity contribution in [3.05, 3.63) is 41.9 Å². The number of likely N-dealkylation sites (tertiary alicyclic amines) is 1. The maximum atomic E-state index is 12.5. The van der Waals surface area contributed by atoms with Crippen molar-refractivity contribution in [3.8, 4) is 11.5 Å². The largest absolute Gasteiger partial charge is 0.478 e. The number of hydrogen-bond donors (Lipinski definition) is 2. The van der Waals surface area contributed by atoms with Gasteiger partial charge >= 0.3 is 5.97 Å². The van der Waals surface area contributed by atoms with Crippen molar-refractivity contribution in [2.45, 2.75) is 12.8 Å². The molecule has 2 aliphatic rings. The van der Waals surface area contributed by atoms with Gasteiger partial charge in [0.05, 0.1) is 5.56 Å². The number of nitrogens with one attached hydrogen (secondary N) is 1. The van der Waals surface area contributed by atoms with Crippen molar-refractivity contribution in [3.63, 3.8) is 0 Å². The minimum atomic E-state index is -1.15. The predicted molar refractivity (Wildman–Crippen MR) is 95.5 cm³/mol. The molecule has 4 rings (SSSR count). The number of carbonyl (C=O) groups excluding carboxylic acids is 2. The van der Waals surface area contributed by atoms with Crippen molar-refractivity contribution >= 4 is 23.5 Å². The van der Waals surface area contributed by atoms with Gasteiger partial charge in [-0.15, -0.1) is 0 Å². The fourth-order valence-corrected chi connectivity index (χ4v) is 3.28. The molecule has 1 saturated heterocycles. The van der Waals surface area contributed by atoms with Crippen molar-refractivity contribution in [1.82, 2.24) is 4.90 Å². The fourth-order valence-electron chi connectivity index (χ4n) is 3.28. The van der Waals surface area contributed by atoms with E-state index in [0.717, 1.165) is 6.26 Å². The molecule has 2 aliphatic heterocycles. The van der Waals surface area contributed by atoms with Crippen LogP contribution in [0.15, 0.2) is 34.9 Å². The Hall–Kier alpha value is -3.49. The molecule has 2 amide bonds. The number of furan rings is 1. The van der Waals surface area contributed by atoms with Crippen molar-refractivity contribution in [2.24, 2.45) is 5.92 Å². The van der Waals surface area contributed by atoms with Gasteiger partial charge in [0.25, 0.3) is 5.91 Å². The van der Waals surface area contributed by atoms with Gasteiger partial charge in [0.15, 0.2) is 17.3 Å². The molecule has 1 aromatic carbocycles. The zero-order valence-corrected chi connectivity index (χ0v) is 14.8. The SMILES string of the molecule is O=C(O)c1coc(C(=O)N2CCC(C(=O)Nc3ccc4c(c3)OCO4)CC2)c1. The standard InChI is InChI=1S/C19H18N2O7/c22-17(20-13-1-2-14-15(8-13)28-10-27-14)11-3-5-21(6-4-11)18(23)16-7-12(9-26-16)19(24)25/h1-2,7-9,11H,3-6,10H2,(H,20,22)(H,24,25). The third kappa shape index (κ3) is 3.51. The van der Waals surface area contributed by atoms with E-state index in [0.29, 0.717) is 43.1 Å². The molecule has 0 unspecified atom stereocenters. The molecule has 0 aliphatic carbocycles. The van der Waals surface area contributed by atoms with Crippen LogP contribution >= 0.6 is 0 Å². The van der Waals surface area contributed by atoms with Crippen molar-refractivity contribution in [2.75, 3.05) is 25.2 Å². The maximum Gasteiger partial charge on any atom is 0.338 e. The van der Waals surface area contributed by atoms with Gasteiger partial charge in [-0.1, -0.05) is 0 Å². The number of ether oxygens (including phenoxy) is 2. The van der Waals surface area contributed by atoms with E-state index < -0.39 is 5.97 Å². The van der Waals surface area contributed by atoms with E-state index in [1.165, 1.54) is 6.07 Å². The van der Waals surface area contributed by atoms with E-state index in [4.69, 9.17) is 19.0 Å². The average molecular weight is 386 g/mol. The van der Waals surface area contributed by atoms with E-state index in [-0.39, 0.29) is 35.8 Å². The third-order valence-corrected chi connectivity index (χ3v) is 4.85. The molecule has 1 fully saturated rings. The molecule has 2 aromatic rings. The van der Waals surface area contributed by atoms with Gasteiger partial charge in [0.2, 0.25) is 12.7 Å². The minimum absolute atomic E-state index is 0.0133. The number of rotatable bonds is 4. The lowest BCUT2D eigenvalue weighted by atomic mass is 9.95. The van der Waals surface area contributed by atoms with Crippen LogP contribution in [0.25, 0.3) is 0 Å². The van der Waals surface area contributed by atoms with Crippen LogP contribution in [-0.4, -0.2) is 47.7 Å². The Morgan fingerprint density at radius 2 is 1.82 bits per heavy atom. The minimum Gasteiger partial charge on any atom is -0.478 e. The Balaban J connectivity index is 1.32. The van der Waals surface area contributed by atoms with Gasteiger partial charge in [-0.2, -0.15) is 0 Å². The fraction of sp³-hybridized carbons (Fsp3) is 0.316. The summed E-state index contributed by atoms with van der Waals surface area (Å²) in [6.07, 6.45) is 2.06. The second-order valence-corrected chi connectivity index (χ2v) is 6.63. The number of anilines is 1. The van der Waals surface area contributed by atoms with Crippen LogP contribution in [0.4, 0.5) is 5.69 Å². The molecule has 0 radical (unpaired) electrons. The molecule has 0 saturated carbocycles. The molecule has 9 nitrogen and oxygen atoms in total. The Labute approximate surface area is 159 Å². The number of piperidine rings is 1. The van der Waals surface area contributed by atoms with E-state index in [1.54, 1.807) is 23.1 Å². The van der Waals surface area contributed by atoms with Gasteiger partial charge in [-0.3, -0.25) is 9.59 Å². The highest BCUT2D eigenvalue weighted by molar-refractivity contribution is 5.96. The maximum absolute atomic E-state index is 12.5. The smallest absolute Gasteiger partial charge is 0.338 e. The van der Waals surface area contributed by atoms with Crippen LogP contribution in [0.5, 0.6) is 11.5 Å². The summed E-state index contributed by atoms with van der Waals surface area (Å²) in [7, 11) is 0. The quantitative estimate of drug-likeness (QED) is 0.827. The molecular formula is C19H18N2O7. The van der Waals surface area contributed by atoms with Crippen molar-refractivity contribution < 1.29 is 33.4 Å².